The topological polar surface area (TPSA) is 147 Å². The molecule has 0 bridgehead atoms. The third-order valence-electron chi connectivity index (χ3n) is 5.95. The second-order valence-electron chi connectivity index (χ2n) is 8.40. The predicted molar refractivity (Wildman–Crippen MR) is 146 cm³/mol. The molecule has 0 radical (unpaired) electrons. The number of H-pyrrole nitrogens is 2. The Morgan fingerprint density at radius 3 is 2.94 bits per heavy atom. The lowest BCUT2D eigenvalue weighted by Crippen LogP contribution is -2.24. The van der Waals surface area contributed by atoms with Crippen LogP contribution in [0.25, 0.3) is 22.2 Å². The molecule has 184 valence electrons. The number of anilines is 2. The van der Waals surface area contributed by atoms with Gasteiger partial charge in [0.25, 0.3) is 11.5 Å². The Labute approximate surface area is 218 Å². The van der Waals surface area contributed by atoms with Crippen LogP contribution in [0.2, 0.25) is 0 Å². The number of hydrogen-bond donors (Lipinski definition) is 4. The van der Waals surface area contributed by atoms with E-state index < -0.39 is 0 Å². The summed E-state index contributed by atoms with van der Waals surface area (Å²) in [5.74, 6) is 0.246. The van der Waals surface area contributed by atoms with Crippen LogP contribution in [0.1, 0.15) is 42.0 Å². The van der Waals surface area contributed by atoms with Crippen molar-refractivity contribution in [3.05, 3.63) is 68.6 Å². The van der Waals surface area contributed by atoms with Crippen LogP contribution in [-0.4, -0.2) is 41.7 Å². The molecule has 1 aliphatic heterocycles. The van der Waals surface area contributed by atoms with Crippen LogP contribution in [0.4, 0.5) is 10.8 Å². The Bertz CT molecular complexity index is 1660. The van der Waals surface area contributed by atoms with Gasteiger partial charge in [-0.25, -0.2) is 9.97 Å². The van der Waals surface area contributed by atoms with Gasteiger partial charge in [0, 0.05) is 39.6 Å². The number of pyridine rings is 1. The number of halogens is 1. The quantitative estimate of drug-likeness (QED) is 0.174. The van der Waals surface area contributed by atoms with Crippen LogP contribution in [0, 0.1) is 6.92 Å². The van der Waals surface area contributed by atoms with Crippen molar-refractivity contribution in [3.63, 3.8) is 0 Å². The average Bonchev–Trinajstić information content (AvgIpc) is 3.54. The van der Waals surface area contributed by atoms with Gasteiger partial charge in [0.2, 0.25) is 0 Å². The molecule has 1 aliphatic carbocycles. The Morgan fingerprint density at radius 1 is 1.39 bits per heavy atom. The Hall–Kier alpha value is -3.77. The fourth-order valence-corrected chi connectivity index (χ4v) is 5.17. The lowest BCUT2D eigenvalue weighted by atomic mass is 10.1. The van der Waals surface area contributed by atoms with Crippen LogP contribution in [0.5, 0.6) is 0 Å². The molecular formula is C24H23BrN8O2S. The highest BCUT2D eigenvalue weighted by Gasteiger charge is 2.21. The summed E-state index contributed by atoms with van der Waals surface area (Å²) in [6.45, 7) is 5.64. The minimum absolute atomic E-state index is 0.0106. The monoisotopic (exact) mass is 566 g/mol. The summed E-state index contributed by atoms with van der Waals surface area (Å²) in [7, 11) is 0. The first kappa shape index (κ1) is 23.9. The van der Waals surface area contributed by atoms with Crippen molar-refractivity contribution in [2.75, 3.05) is 5.32 Å². The summed E-state index contributed by atoms with van der Waals surface area (Å²) in [5, 5.41) is 4.52. The average molecular weight is 567 g/mol. The van der Waals surface area contributed by atoms with E-state index in [-0.39, 0.29) is 34.6 Å². The SMILES string of the molecule is CCC(C)N=C(N)c1c(Nc2cnc(C(=O)n3ccc4c5cc(Br)cc-5[nH]cc43)c(C)n2)s[nH]c1=O. The lowest BCUT2D eigenvalue weighted by molar-refractivity contribution is 0.0959. The first-order valence-electron chi connectivity index (χ1n) is 11.2. The highest BCUT2D eigenvalue weighted by atomic mass is 79.9. The van der Waals surface area contributed by atoms with Gasteiger partial charge in [0.1, 0.15) is 27.9 Å². The largest absolute Gasteiger partial charge is 0.383 e. The summed E-state index contributed by atoms with van der Waals surface area (Å²) in [6.07, 6.45) is 5.80. The number of fused-ring (bicyclic) bond motifs is 3. The summed E-state index contributed by atoms with van der Waals surface area (Å²) in [4.78, 5) is 42.2. The van der Waals surface area contributed by atoms with Crippen molar-refractivity contribution in [2.45, 2.75) is 33.2 Å². The van der Waals surface area contributed by atoms with E-state index in [4.69, 9.17) is 5.73 Å². The minimum atomic E-state index is -0.328. The molecule has 2 aliphatic rings. The minimum Gasteiger partial charge on any atom is -0.383 e. The van der Waals surface area contributed by atoms with Gasteiger partial charge < -0.3 is 16.0 Å². The van der Waals surface area contributed by atoms with Crippen molar-refractivity contribution in [1.82, 2.24) is 23.9 Å². The molecule has 1 unspecified atom stereocenters. The van der Waals surface area contributed by atoms with Gasteiger partial charge in [-0.3, -0.25) is 23.5 Å². The van der Waals surface area contributed by atoms with Crippen LogP contribution in [-0.2, 0) is 0 Å². The molecule has 4 heterocycles. The zero-order chi connectivity index (χ0) is 25.6. The number of rotatable bonds is 6. The third-order valence-corrected chi connectivity index (χ3v) is 7.21. The number of aromatic nitrogens is 5. The fourth-order valence-electron chi connectivity index (χ4n) is 3.96. The number of aryl methyl sites for hydroxylation is 1. The molecule has 0 fully saturated rings. The Balaban J connectivity index is 1.45. The lowest BCUT2D eigenvalue weighted by Gasteiger charge is -2.10. The Morgan fingerprint density at radius 2 is 2.19 bits per heavy atom. The van der Waals surface area contributed by atoms with Gasteiger partial charge in [-0.1, -0.05) is 22.9 Å². The number of nitrogens with two attached hydrogens (primary N) is 1. The summed E-state index contributed by atoms with van der Waals surface area (Å²) in [6, 6.07) is 5.91. The first-order chi connectivity index (χ1) is 17.3. The zero-order valence-electron chi connectivity index (χ0n) is 19.7. The van der Waals surface area contributed by atoms with Crippen molar-refractivity contribution in [2.24, 2.45) is 10.7 Å². The van der Waals surface area contributed by atoms with E-state index in [1.807, 2.05) is 32.0 Å². The molecule has 5 N–H and O–H groups in total. The first-order valence-corrected chi connectivity index (χ1v) is 12.9. The number of aliphatic imine (C=N–C) groups is 1. The van der Waals surface area contributed by atoms with E-state index >= 15 is 0 Å². The number of carbonyl (C=O) groups excluding carboxylic acids is 1. The molecule has 0 saturated heterocycles. The van der Waals surface area contributed by atoms with Gasteiger partial charge in [-0.05, 0) is 50.0 Å². The van der Waals surface area contributed by atoms with Crippen LogP contribution in [0.15, 0.2) is 51.0 Å². The van der Waals surface area contributed by atoms with Crippen LogP contribution in [0.3, 0.4) is 0 Å². The van der Waals surface area contributed by atoms with Crippen LogP contribution < -0.4 is 16.6 Å². The van der Waals surface area contributed by atoms with Gasteiger partial charge >= 0.3 is 0 Å². The maximum absolute atomic E-state index is 13.4. The highest BCUT2D eigenvalue weighted by molar-refractivity contribution is 9.10. The van der Waals surface area contributed by atoms with Crippen LogP contribution >= 0.6 is 27.5 Å². The number of nitrogens with zero attached hydrogens (tertiary/aromatic N) is 4. The molecule has 3 aromatic heterocycles. The number of amidine groups is 1. The second-order valence-corrected chi connectivity index (χ2v) is 10.1. The normalized spacial score (nSPS) is 12.9. The fraction of sp³-hybridized carbons (Fsp3) is 0.208. The predicted octanol–water partition coefficient (Wildman–Crippen LogP) is 4.62. The highest BCUT2D eigenvalue weighted by Crippen LogP contribution is 2.34. The second kappa shape index (κ2) is 9.36. The summed E-state index contributed by atoms with van der Waals surface area (Å²) < 4.78 is 5.20. The van der Waals surface area contributed by atoms with E-state index in [9.17, 15) is 9.59 Å². The molecule has 3 aromatic rings. The van der Waals surface area contributed by atoms with Crippen molar-refractivity contribution >= 4 is 60.9 Å². The molecule has 10 nitrogen and oxygen atoms in total. The van der Waals surface area contributed by atoms with E-state index in [1.54, 1.807) is 23.9 Å². The van der Waals surface area contributed by atoms with Gasteiger partial charge in [0.15, 0.2) is 0 Å². The number of nitrogens with one attached hydrogen (secondary N) is 3. The summed E-state index contributed by atoms with van der Waals surface area (Å²) >= 11 is 4.60. The van der Waals surface area contributed by atoms with E-state index in [1.165, 1.54) is 6.20 Å². The molecule has 0 saturated carbocycles. The molecular weight excluding hydrogens is 544 g/mol. The van der Waals surface area contributed by atoms with Gasteiger partial charge in [0.05, 0.1) is 17.4 Å². The van der Waals surface area contributed by atoms with Crippen molar-refractivity contribution in [1.29, 1.82) is 0 Å². The molecule has 0 amide bonds. The third kappa shape index (κ3) is 4.22. The standard InChI is InChI=1S/C24H23BrN8O2S/c1-4-11(2)29-21(26)19-22(34)32-36-23(19)31-18-10-28-20(12(3)30-18)24(35)33-6-5-14-15-7-13(25)8-16(15)27-9-17(14)33/h5-11,27H,4H2,1-3H3,(H2,26,29)(H,30,31)(H,32,34). The maximum atomic E-state index is 13.4. The van der Waals surface area contributed by atoms with Crippen molar-refractivity contribution < 1.29 is 4.79 Å². The molecule has 0 aromatic carbocycles. The summed E-state index contributed by atoms with van der Waals surface area (Å²) in [5.41, 5.74) is 9.45. The Kier molecular flexibility index (Phi) is 6.22. The van der Waals surface area contributed by atoms with Gasteiger partial charge in [-0.15, -0.1) is 0 Å². The smallest absolute Gasteiger partial charge is 0.282 e. The van der Waals surface area contributed by atoms with E-state index in [0.29, 0.717) is 16.5 Å². The van der Waals surface area contributed by atoms with E-state index in [2.05, 4.69) is 45.6 Å². The maximum Gasteiger partial charge on any atom is 0.282 e. The molecule has 36 heavy (non-hydrogen) atoms. The number of hydrogen-bond acceptors (Lipinski definition) is 7. The number of aromatic amines is 2. The zero-order valence-corrected chi connectivity index (χ0v) is 22.1. The molecule has 12 heteroatoms. The molecule has 0 spiro atoms. The van der Waals surface area contributed by atoms with Crippen molar-refractivity contribution in [3.8, 4) is 11.3 Å². The molecule has 1 atom stereocenters. The van der Waals surface area contributed by atoms with Gasteiger partial charge in [-0.2, -0.15) is 0 Å². The number of carbonyl (C=O) groups is 1. The van der Waals surface area contributed by atoms with E-state index in [0.717, 1.165) is 44.6 Å². The molecule has 5 rings (SSSR count).